The lowest BCUT2D eigenvalue weighted by Crippen LogP contribution is -2.44. The molecule has 1 heterocycles. The van der Waals surface area contributed by atoms with Crippen molar-refractivity contribution in [2.75, 3.05) is 4.90 Å². The molecule has 0 fully saturated rings. The molecule has 0 unspecified atom stereocenters. The summed E-state index contributed by atoms with van der Waals surface area (Å²) in [5.74, 6) is 0.628. The molecule has 4 nitrogen and oxygen atoms in total. The first-order valence-electron chi connectivity index (χ1n) is 11.7. The van der Waals surface area contributed by atoms with Gasteiger partial charge in [-0.1, -0.05) is 103 Å². The van der Waals surface area contributed by atoms with Crippen molar-refractivity contribution in [3.05, 3.63) is 137 Å². The molecule has 4 aromatic carbocycles. The maximum atomic E-state index is 13.8. The predicted octanol–water partition coefficient (Wildman–Crippen LogP) is 6.36. The van der Waals surface area contributed by atoms with Crippen molar-refractivity contribution in [2.24, 2.45) is 4.99 Å². The second-order valence-corrected chi connectivity index (χ2v) is 9.05. The van der Waals surface area contributed by atoms with Gasteiger partial charge in [0.1, 0.15) is 6.04 Å². The van der Waals surface area contributed by atoms with E-state index in [4.69, 9.17) is 16.6 Å². The second-order valence-electron chi connectivity index (χ2n) is 8.61. The van der Waals surface area contributed by atoms with Crippen molar-refractivity contribution >= 4 is 29.2 Å². The fraction of sp³-hybridized carbons (Fsp3) is 0.133. The second kappa shape index (κ2) is 10.6. The molecule has 0 saturated heterocycles. The molecule has 0 radical (unpaired) electrons. The van der Waals surface area contributed by atoms with Crippen molar-refractivity contribution in [1.82, 2.24) is 4.90 Å². The van der Waals surface area contributed by atoms with Crippen molar-refractivity contribution in [2.45, 2.75) is 25.6 Å². The van der Waals surface area contributed by atoms with Crippen molar-refractivity contribution in [3.63, 3.8) is 0 Å². The van der Waals surface area contributed by atoms with Crippen molar-refractivity contribution in [3.8, 4) is 0 Å². The summed E-state index contributed by atoms with van der Waals surface area (Å²) in [6.45, 7) is 1.26. The van der Waals surface area contributed by atoms with E-state index < -0.39 is 6.04 Å². The van der Waals surface area contributed by atoms with Crippen LogP contribution in [0.25, 0.3) is 0 Å². The summed E-state index contributed by atoms with van der Waals surface area (Å²) in [5.41, 5.74) is 4.16. The Kier molecular flexibility index (Phi) is 6.92. The van der Waals surface area contributed by atoms with Gasteiger partial charge in [-0.3, -0.25) is 4.79 Å². The van der Waals surface area contributed by atoms with Crippen LogP contribution in [-0.4, -0.2) is 22.8 Å². The lowest BCUT2D eigenvalue weighted by Gasteiger charge is -2.30. The Hall–Kier alpha value is -3.89. The van der Waals surface area contributed by atoms with Gasteiger partial charge in [-0.15, -0.1) is 0 Å². The van der Waals surface area contributed by atoms with Crippen LogP contribution in [0.1, 0.15) is 16.7 Å². The topological polar surface area (TPSA) is 35.9 Å². The number of carbonyl (C=O) groups is 1. The summed E-state index contributed by atoms with van der Waals surface area (Å²) in [6, 6.07) is 37.5. The van der Waals surface area contributed by atoms with Gasteiger partial charge in [0.05, 0.1) is 5.69 Å². The van der Waals surface area contributed by atoms with E-state index in [0.29, 0.717) is 30.5 Å². The molecular formula is C30H26ClN3O. The standard InChI is InChI=1S/C30H26ClN3O/c31-26-16-18-27(19-17-26)34-29(35)28(20-23-10-4-1-5-11-23)32-30(34)33(21-24-12-6-2-7-13-24)22-25-14-8-3-9-15-25/h1-19,28H,20-22H2/t28-/m0/s1. The molecule has 0 saturated carbocycles. The van der Waals surface area contributed by atoms with Gasteiger partial charge in [0.15, 0.2) is 0 Å². The van der Waals surface area contributed by atoms with Crippen LogP contribution >= 0.6 is 11.6 Å². The minimum Gasteiger partial charge on any atom is -0.334 e. The summed E-state index contributed by atoms with van der Waals surface area (Å²) in [7, 11) is 0. The Balaban J connectivity index is 1.55. The SMILES string of the molecule is O=C1[C@H](Cc2ccccc2)N=C(N(Cc2ccccc2)Cc2ccccc2)N1c1ccc(Cl)cc1. The number of carbonyl (C=O) groups excluding carboxylic acids is 1. The van der Waals surface area contributed by atoms with Crippen LogP contribution in [0.4, 0.5) is 5.69 Å². The average molecular weight is 480 g/mol. The molecule has 0 N–H and O–H groups in total. The molecule has 174 valence electrons. The Morgan fingerprint density at radius 2 is 1.17 bits per heavy atom. The van der Waals surface area contributed by atoms with Crippen molar-refractivity contribution < 1.29 is 4.79 Å². The lowest BCUT2D eigenvalue weighted by molar-refractivity contribution is -0.118. The third-order valence-electron chi connectivity index (χ3n) is 6.05. The van der Waals surface area contributed by atoms with Crippen LogP contribution in [0.15, 0.2) is 120 Å². The fourth-order valence-electron chi connectivity index (χ4n) is 4.33. The number of amides is 1. The van der Waals surface area contributed by atoms with Gasteiger partial charge >= 0.3 is 0 Å². The Morgan fingerprint density at radius 1 is 0.686 bits per heavy atom. The summed E-state index contributed by atoms with van der Waals surface area (Å²) in [6.07, 6.45) is 0.553. The molecule has 1 aliphatic rings. The first-order valence-corrected chi connectivity index (χ1v) is 12.1. The Bertz CT molecular complexity index is 1250. The van der Waals surface area contributed by atoms with E-state index in [0.717, 1.165) is 22.4 Å². The van der Waals surface area contributed by atoms with Crippen LogP contribution in [0.5, 0.6) is 0 Å². The molecular weight excluding hydrogens is 454 g/mol. The molecule has 35 heavy (non-hydrogen) atoms. The zero-order chi connectivity index (χ0) is 24.0. The number of hydrogen-bond acceptors (Lipinski definition) is 3. The van der Waals surface area contributed by atoms with Gasteiger partial charge in [-0.2, -0.15) is 0 Å². The third kappa shape index (κ3) is 5.44. The van der Waals surface area contributed by atoms with Gasteiger partial charge in [0.25, 0.3) is 5.91 Å². The number of hydrogen-bond donors (Lipinski definition) is 0. The largest absolute Gasteiger partial charge is 0.334 e. The van der Waals surface area contributed by atoms with Crippen LogP contribution < -0.4 is 4.90 Å². The molecule has 4 aromatic rings. The number of anilines is 1. The summed E-state index contributed by atoms with van der Waals surface area (Å²) < 4.78 is 0. The van der Waals surface area contributed by atoms with Gasteiger partial charge in [-0.25, -0.2) is 9.89 Å². The zero-order valence-corrected chi connectivity index (χ0v) is 20.1. The number of nitrogens with zero attached hydrogens (tertiary/aromatic N) is 3. The van der Waals surface area contributed by atoms with Crippen LogP contribution in [-0.2, 0) is 24.3 Å². The number of rotatable bonds is 7. The normalized spacial score (nSPS) is 15.2. The minimum absolute atomic E-state index is 0.0303. The third-order valence-corrected chi connectivity index (χ3v) is 6.30. The molecule has 1 amide bonds. The highest BCUT2D eigenvalue weighted by atomic mass is 35.5. The van der Waals surface area contributed by atoms with E-state index in [1.807, 2.05) is 91.0 Å². The first-order chi connectivity index (χ1) is 17.2. The van der Waals surface area contributed by atoms with E-state index in [1.165, 1.54) is 0 Å². The maximum Gasteiger partial charge on any atom is 0.259 e. The first kappa shape index (κ1) is 22.9. The van der Waals surface area contributed by atoms with Gasteiger partial charge in [0.2, 0.25) is 5.96 Å². The monoisotopic (exact) mass is 479 g/mol. The summed E-state index contributed by atoms with van der Waals surface area (Å²) in [5, 5.41) is 0.630. The Morgan fingerprint density at radius 3 is 1.69 bits per heavy atom. The van der Waals surface area contributed by atoms with E-state index in [-0.39, 0.29) is 5.91 Å². The zero-order valence-electron chi connectivity index (χ0n) is 19.3. The molecule has 0 bridgehead atoms. The van der Waals surface area contributed by atoms with Crippen LogP contribution in [0, 0.1) is 0 Å². The summed E-state index contributed by atoms with van der Waals surface area (Å²) >= 11 is 6.16. The molecule has 0 aromatic heterocycles. The Labute approximate surface area is 211 Å². The molecule has 0 spiro atoms. The fourth-order valence-corrected chi connectivity index (χ4v) is 4.46. The van der Waals surface area contributed by atoms with E-state index in [2.05, 4.69) is 29.2 Å². The molecule has 5 rings (SSSR count). The smallest absolute Gasteiger partial charge is 0.259 e. The van der Waals surface area contributed by atoms with Gasteiger partial charge in [-0.05, 0) is 41.0 Å². The van der Waals surface area contributed by atoms with E-state index in [1.54, 1.807) is 4.90 Å². The van der Waals surface area contributed by atoms with Crippen LogP contribution in [0.3, 0.4) is 0 Å². The van der Waals surface area contributed by atoms with E-state index in [9.17, 15) is 4.79 Å². The molecule has 0 aliphatic carbocycles. The van der Waals surface area contributed by atoms with Crippen molar-refractivity contribution in [1.29, 1.82) is 0 Å². The number of aliphatic imine (C=N–C) groups is 1. The number of halogens is 1. The number of benzene rings is 4. The lowest BCUT2D eigenvalue weighted by atomic mass is 10.1. The predicted molar refractivity (Wildman–Crippen MR) is 142 cm³/mol. The summed E-state index contributed by atoms with van der Waals surface area (Å²) in [4.78, 5) is 22.7. The van der Waals surface area contributed by atoms with Gasteiger partial charge in [0, 0.05) is 24.5 Å². The maximum absolute atomic E-state index is 13.8. The highest BCUT2D eigenvalue weighted by molar-refractivity contribution is 6.30. The molecule has 5 heteroatoms. The van der Waals surface area contributed by atoms with E-state index >= 15 is 0 Å². The average Bonchev–Trinajstić information content (AvgIpc) is 3.21. The molecule has 1 aliphatic heterocycles. The van der Waals surface area contributed by atoms with Crippen LogP contribution in [0.2, 0.25) is 5.02 Å². The highest BCUT2D eigenvalue weighted by Gasteiger charge is 2.38. The highest BCUT2D eigenvalue weighted by Crippen LogP contribution is 2.28. The number of guanidine groups is 1. The quantitative estimate of drug-likeness (QED) is 0.309. The molecule has 1 atom stereocenters. The minimum atomic E-state index is -0.489. The van der Waals surface area contributed by atoms with Gasteiger partial charge < -0.3 is 4.90 Å².